The number of piperidine rings is 1. The predicted molar refractivity (Wildman–Crippen MR) is 87.3 cm³/mol. The minimum absolute atomic E-state index is 0.0383. The van der Waals surface area contributed by atoms with Crippen molar-refractivity contribution < 1.29 is 19.1 Å². The molecule has 2 atom stereocenters. The third kappa shape index (κ3) is 3.80. The van der Waals surface area contributed by atoms with Crippen molar-refractivity contribution in [1.29, 1.82) is 0 Å². The topological polar surface area (TPSA) is 69.6 Å². The van der Waals surface area contributed by atoms with Gasteiger partial charge in [0.15, 0.2) is 0 Å². The number of benzene rings is 1. The van der Waals surface area contributed by atoms with Crippen LogP contribution in [0.25, 0.3) is 0 Å². The summed E-state index contributed by atoms with van der Waals surface area (Å²) in [5.41, 5.74) is 0.782. The third-order valence-corrected chi connectivity index (χ3v) is 5.02. The quantitative estimate of drug-likeness (QED) is 0.870. The molecule has 1 saturated heterocycles. The first-order valence-electron chi connectivity index (χ1n) is 8.19. The van der Waals surface area contributed by atoms with E-state index in [1.807, 2.05) is 0 Å². The number of nitrogens with zero attached hydrogens (tertiary/aromatic N) is 1. The van der Waals surface area contributed by atoms with Crippen molar-refractivity contribution in [3.8, 4) is 0 Å². The average molecular weight is 355 g/mol. The largest absolute Gasteiger partial charge is 0.481 e. The molecule has 5 nitrogen and oxygen atoms in total. The first-order valence-corrected chi connectivity index (χ1v) is 8.56. The predicted octanol–water partition coefficient (Wildman–Crippen LogP) is 3.44. The molecule has 0 spiro atoms. The van der Waals surface area contributed by atoms with E-state index >= 15 is 0 Å². The molecule has 1 aromatic rings. The second kappa shape index (κ2) is 6.97. The van der Waals surface area contributed by atoms with Crippen LogP contribution in [0.3, 0.4) is 0 Å². The standard InChI is InChI=1S/C17H20ClFN2O3/c18-13-8-11(5-6-14(13)19)15(10-3-4-10)20-17(24)21-7-1-2-12(9-21)16(22)23/h5-6,8,10,12,15H,1-4,7,9H2,(H,20,24)(H,22,23). The van der Waals surface area contributed by atoms with Gasteiger partial charge in [-0.3, -0.25) is 4.79 Å². The van der Waals surface area contributed by atoms with Gasteiger partial charge in [0.2, 0.25) is 0 Å². The number of nitrogens with one attached hydrogen (secondary N) is 1. The van der Waals surface area contributed by atoms with Crippen molar-refractivity contribution in [2.75, 3.05) is 13.1 Å². The number of halogens is 2. The van der Waals surface area contributed by atoms with Crippen LogP contribution in [0.15, 0.2) is 18.2 Å². The van der Waals surface area contributed by atoms with E-state index in [1.54, 1.807) is 17.0 Å². The van der Waals surface area contributed by atoms with Crippen LogP contribution in [0.2, 0.25) is 5.02 Å². The van der Waals surface area contributed by atoms with E-state index in [9.17, 15) is 14.0 Å². The van der Waals surface area contributed by atoms with Gasteiger partial charge in [-0.2, -0.15) is 0 Å². The van der Waals surface area contributed by atoms with Gasteiger partial charge in [-0.05, 0) is 49.3 Å². The Labute approximate surface area is 144 Å². The maximum Gasteiger partial charge on any atom is 0.317 e. The summed E-state index contributed by atoms with van der Waals surface area (Å²) in [6, 6.07) is 4.01. The van der Waals surface area contributed by atoms with Gasteiger partial charge in [0.1, 0.15) is 5.82 Å². The van der Waals surface area contributed by atoms with Gasteiger partial charge in [-0.15, -0.1) is 0 Å². The fourth-order valence-corrected chi connectivity index (χ4v) is 3.39. The molecule has 1 aliphatic carbocycles. The van der Waals surface area contributed by atoms with Gasteiger partial charge in [-0.25, -0.2) is 9.18 Å². The van der Waals surface area contributed by atoms with Gasteiger partial charge in [-0.1, -0.05) is 17.7 Å². The Hall–Kier alpha value is -1.82. The number of amides is 2. The first-order chi connectivity index (χ1) is 11.5. The zero-order chi connectivity index (χ0) is 17.3. The summed E-state index contributed by atoms with van der Waals surface area (Å²) >= 11 is 5.86. The molecule has 24 heavy (non-hydrogen) atoms. The van der Waals surface area contributed by atoms with Crippen molar-refractivity contribution in [2.45, 2.75) is 31.7 Å². The Balaban J connectivity index is 1.70. The van der Waals surface area contributed by atoms with Crippen molar-refractivity contribution in [3.63, 3.8) is 0 Å². The number of aliphatic carboxylic acids is 1. The normalized spacial score (nSPS) is 22.1. The highest BCUT2D eigenvalue weighted by atomic mass is 35.5. The number of likely N-dealkylation sites (tertiary alicyclic amines) is 1. The number of urea groups is 1. The number of carbonyl (C=O) groups excluding carboxylic acids is 1. The highest BCUT2D eigenvalue weighted by Crippen LogP contribution is 2.41. The Kier molecular flexibility index (Phi) is 4.94. The molecule has 130 valence electrons. The highest BCUT2D eigenvalue weighted by Gasteiger charge is 2.36. The fourth-order valence-electron chi connectivity index (χ4n) is 3.20. The molecular weight excluding hydrogens is 335 g/mol. The lowest BCUT2D eigenvalue weighted by Crippen LogP contribution is -2.48. The van der Waals surface area contributed by atoms with E-state index in [1.165, 1.54) is 6.07 Å². The van der Waals surface area contributed by atoms with Crippen LogP contribution in [-0.4, -0.2) is 35.1 Å². The molecule has 7 heteroatoms. The lowest BCUT2D eigenvalue weighted by Gasteiger charge is -2.32. The van der Waals surface area contributed by atoms with Crippen LogP contribution in [0.4, 0.5) is 9.18 Å². The Morgan fingerprint density at radius 1 is 1.33 bits per heavy atom. The van der Waals surface area contributed by atoms with Gasteiger partial charge >= 0.3 is 12.0 Å². The Morgan fingerprint density at radius 3 is 2.71 bits per heavy atom. The number of carboxylic acids is 1. The molecule has 0 radical (unpaired) electrons. The van der Waals surface area contributed by atoms with Gasteiger partial charge in [0.25, 0.3) is 0 Å². The summed E-state index contributed by atoms with van der Waals surface area (Å²) in [6.07, 6.45) is 3.27. The molecule has 2 aliphatic rings. The van der Waals surface area contributed by atoms with Crippen LogP contribution in [-0.2, 0) is 4.79 Å². The molecule has 0 aromatic heterocycles. The summed E-state index contributed by atoms with van der Waals surface area (Å²) in [4.78, 5) is 25.3. The molecule has 0 bridgehead atoms. The molecule has 1 aromatic carbocycles. The van der Waals surface area contributed by atoms with Gasteiger partial charge in [0.05, 0.1) is 17.0 Å². The van der Waals surface area contributed by atoms with Crippen molar-refractivity contribution in [1.82, 2.24) is 10.2 Å². The second-order valence-corrected chi connectivity index (χ2v) is 6.97. The second-order valence-electron chi connectivity index (χ2n) is 6.56. The van der Waals surface area contributed by atoms with Crippen LogP contribution >= 0.6 is 11.6 Å². The molecule has 2 unspecified atom stereocenters. The maximum absolute atomic E-state index is 13.4. The molecule has 2 fully saturated rings. The van der Waals surface area contributed by atoms with E-state index in [4.69, 9.17) is 16.7 Å². The lowest BCUT2D eigenvalue weighted by molar-refractivity contribution is -0.143. The molecular formula is C17H20ClFN2O3. The van der Waals surface area contributed by atoms with Gasteiger partial charge < -0.3 is 15.3 Å². The summed E-state index contributed by atoms with van der Waals surface area (Å²) in [6.45, 7) is 0.778. The van der Waals surface area contributed by atoms with E-state index in [2.05, 4.69) is 5.32 Å². The fraction of sp³-hybridized carbons (Fsp3) is 0.529. The molecule has 2 amide bonds. The van der Waals surface area contributed by atoms with E-state index in [0.717, 1.165) is 18.4 Å². The summed E-state index contributed by atoms with van der Waals surface area (Å²) in [7, 11) is 0. The van der Waals surface area contributed by atoms with E-state index in [0.29, 0.717) is 25.3 Å². The number of carboxylic acid groups (broad SMARTS) is 1. The van der Waals surface area contributed by atoms with Crippen molar-refractivity contribution in [2.24, 2.45) is 11.8 Å². The van der Waals surface area contributed by atoms with Crippen LogP contribution in [0, 0.1) is 17.7 Å². The minimum Gasteiger partial charge on any atom is -0.481 e. The maximum atomic E-state index is 13.4. The Bertz CT molecular complexity index is 651. The number of rotatable bonds is 4. The summed E-state index contributed by atoms with van der Waals surface area (Å²) in [5, 5.41) is 12.2. The number of hydrogen-bond acceptors (Lipinski definition) is 2. The van der Waals surface area contributed by atoms with Crippen LogP contribution < -0.4 is 5.32 Å². The minimum atomic E-state index is -0.864. The van der Waals surface area contributed by atoms with Crippen LogP contribution in [0.1, 0.15) is 37.3 Å². The SMILES string of the molecule is O=C(O)C1CCCN(C(=O)NC(c2ccc(F)c(Cl)c2)C2CC2)C1. The van der Waals surface area contributed by atoms with Gasteiger partial charge in [0, 0.05) is 13.1 Å². The van der Waals surface area contributed by atoms with Crippen molar-refractivity contribution >= 4 is 23.6 Å². The number of carbonyl (C=O) groups is 2. The van der Waals surface area contributed by atoms with E-state index < -0.39 is 17.7 Å². The lowest BCUT2D eigenvalue weighted by atomic mass is 9.98. The van der Waals surface area contributed by atoms with Crippen LogP contribution in [0.5, 0.6) is 0 Å². The zero-order valence-corrected chi connectivity index (χ0v) is 13.9. The third-order valence-electron chi connectivity index (χ3n) is 4.73. The van der Waals surface area contributed by atoms with Crippen molar-refractivity contribution in [3.05, 3.63) is 34.6 Å². The average Bonchev–Trinajstić information content (AvgIpc) is 3.40. The monoisotopic (exact) mass is 354 g/mol. The molecule has 3 rings (SSSR count). The molecule has 1 aliphatic heterocycles. The zero-order valence-electron chi connectivity index (χ0n) is 13.2. The van der Waals surface area contributed by atoms with E-state index in [-0.39, 0.29) is 23.6 Å². The Morgan fingerprint density at radius 2 is 2.08 bits per heavy atom. The highest BCUT2D eigenvalue weighted by molar-refractivity contribution is 6.30. The molecule has 1 heterocycles. The number of hydrogen-bond donors (Lipinski definition) is 2. The summed E-state index contributed by atoms with van der Waals surface area (Å²) in [5.74, 6) is -1.54. The smallest absolute Gasteiger partial charge is 0.317 e. The molecule has 1 saturated carbocycles. The summed E-state index contributed by atoms with van der Waals surface area (Å²) < 4.78 is 13.4. The molecule has 2 N–H and O–H groups in total. The first kappa shape index (κ1) is 17.0.